The van der Waals surface area contributed by atoms with Crippen molar-refractivity contribution >= 4 is 24.0 Å². The molecule has 0 atom stereocenters. The van der Waals surface area contributed by atoms with E-state index in [1.54, 1.807) is 18.2 Å². The van der Waals surface area contributed by atoms with Crippen molar-refractivity contribution in [3.63, 3.8) is 0 Å². The summed E-state index contributed by atoms with van der Waals surface area (Å²) < 4.78 is 25.1. The molecule has 0 unspecified atom stereocenters. The second-order valence-electron chi connectivity index (χ2n) is 6.01. The fourth-order valence-corrected chi connectivity index (χ4v) is 2.26. The molecule has 1 aliphatic rings. The van der Waals surface area contributed by atoms with Crippen LogP contribution in [-0.4, -0.2) is 18.6 Å². The Bertz CT molecular complexity index is 794. The maximum Gasteiger partial charge on any atom is 0.244 e. The molecule has 7 heteroatoms. The number of carbonyl (C=O) groups excluding carboxylic acids is 1. The van der Waals surface area contributed by atoms with Gasteiger partial charge >= 0.3 is 0 Å². The monoisotopic (exact) mass is 366 g/mol. The van der Waals surface area contributed by atoms with Gasteiger partial charge in [-0.2, -0.15) is 0 Å². The lowest BCUT2D eigenvalue weighted by Crippen LogP contribution is -2.37. The van der Waals surface area contributed by atoms with Crippen LogP contribution >= 0.6 is 12.4 Å². The number of aryl methyl sites for hydroxylation is 1. The predicted octanol–water partition coefficient (Wildman–Crippen LogP) is 3.79. The van der Waals surface area contributed by atoms with Gasteiger partial charge in [0, 0.05) is 11.8 Å². The number of rotatable bonds is 5. The van der Waals surface area contributed by atoms with Crippen LogP contribution in [0.3, 0.4) is 0 Å². The predicted molar refractivity (Wildman–Crippen MR) is 96.2 cm³/mol. The van der Waals surface area contributed by atoms with Crippen LogP contribution < -0.4 is 20.5 Å². The van der Waals surface area contributed by atoms with E-state index >= 15 is 0 Å². The van der Waals surface area contributed by atoms with Crippen LogP contribution in [0.1, 0.15) is 18.4 Å². The van der Waals surface area contributed by atoms with E-state index in [0.717, 1.165) is 5.56 Å². The molecular weight excluding hydrogens is 347 g/mol. The highest BCUT2D eigenvalue weighted by Gasteiger charge is 2.45. The molecule has 0 heterocycles. The Labute approximate surface area is 151 Å². The molecule has 0 bridgehead atoms. The van der Waals surface area contributed by atoms with Crippen molar-refractivity contribution in [1.29, 1.82) is 0 Å². The van der Waals surface area contributed by atoms with Gasteiger partial charge in [-0.1, -0.05) is 6.07 Å². The molecule has 1 fully saturated rings. The van der Waals surface area contributed by atoms with Crippen molar-refractivity contribution in [3.05, 3.63) is 47.8 Å². The molecule has 0 aromatic heterocycles. The number of methoxy groups -OCH3 is 1. The third-order valence-electron chi connectivity index (χ3n) is 3.97. The van der Waals surface area contributed by atoms with E-state index in [9.17, 15) is 9.18 Å². The number of amides is 1. The molecule has 2 aromatic carbocycles. The number of anilines is 1. The highest BCUT2D eigenvalue weighted by molar-refractivity contribution is 6.00. The molecule has 0 radical (unpaired) electrons. The summed E-state index contributed by atoms with van der Waals surface area (Å²) in [4.78, 5) is 11.9. The van der Waals surface area contributed by atoms with Crippen molar-refractivity contribution in [2.24, 2.45) is 5.73 Å². The molecule has 25 heavy (non-hydrogen) atoms. The zero-order chi connectivity index (χ0) is 17.3. The van der Waals surface area contributed by atoms with E-state index < -0.39 is 11.4 Å². The van der Waals surface area contributed by atoms with Gasteiger partial charge in [-0.15, -0.1) is 12.4 Å². The minimum absolute atomic E-state index is 0. The third-order valence-corrected chi connectivity index (χ3v) is 3.97. The topological polar surface area (TPSA) is 73.6 Å². The SMILES string of the molecule is COc1cc(C)ccc1Oc1ccc(NC(=O)C2(N)CC2)cc1F.Cl. The molecule has 134 valence electrons. The number of hydrogen-bond donors (Lipinski definition) is 2. The molecule has 0 spiro atoms. The number of nitrogens with two attached hydrogens (primary N) is 1. The van der Waals surface area contributed by atoms with Gasteiger partial charge in [0.2, 0.25) is 5.91 Å². The molecule has 1 saturated carbocycles. The average molecular weight is 367 g/mol. The quantitative estimate of drug-likeness (QED) is 0.844. The fourth-order valence-electron chi connectivity index (χ4n) is 2.26. The van der Waals surface area contributed by atoms with Gasteiger partial charge < -0.3 is 20.5 Å². The second-order valence-corrected chi connectivity index (χ2v) is 6.01. The number of hydrogen-bond acceptors (Lipinski definition) is 4. The van der Waals surface area contributed by atoms with Crippen molar-refractivity contribution < 1.29 is 18.7 Å². The molecule has 1 amide bonds. The maximum absolute atomic E-state index is 14.3. The highest BCUT2D eigenvalue weighted by Crippen LogP contribution is 2.35. The highest BCUT2D eigenvalue weighted by atomic mass is 35.5. The van der Waals surface area contributed by atoms with E-state index in [0.29, 0.717) is 30.0 Å². The van der Waals surface area contributed by atoms with E-state index in [4.69, 9.17) is 15.2 Å². The van der Waals surface area contributed by atoms with Gasteiger partial charge in [-0.05, 0) is 49.6 Å². The lowest BCUT2D eigenvalue weighted by atomic mass is 10.2. The van der Waals surface area contributed by atoms with Gasteiger partial charge in [0.1, 0.15) is 0 Å². The van der Waals surface area contributed by atoms with Crippen LogP contribution in [0.4, 0.5) is 10.1 Å². The summed E-state index contributed by atoms with van der Waals surface area (Å²) in [5, 5.41) is 2.62. The van der Waals surface area contributed by atoms with Crippen LogP contribution in [0, 0.1) is 12.7 Å². The third kappa shape index (κ3) is 4.21. The fraction of sp³-hybridized carbons (Fsp3) is 0.278. The summed E-state index contributed by atoms with van der Waals surface area (Å²) in [6, 6.07) is 9.61. The summed E-state index contributed by atoms with van der Waals surface area (Å²) in [6.45, 7) is 1.93. The number of ether oxygens (including phenoxy) is 2. The van der Waals surface area contributed by atoms with Crippen LogP contribution in [0.5, 0.6) is 17.2 Å². The van der Waals surface area contributed by atoms with Gasteiger partial charge in [0.25, 0.3) is 0 Å². The van der Waals surface area contributed by atoms with Crippen LogP contribution in [-0.2, 0) is 4.79 Å². The van der Waals surface area contributed by atoms with E-state index in [2.05, 4.69) is 5.32 Å². The van der Waals surface area contributed by atoms with Crippen LogP contribution in [0.2, 0.25) is 0 Å². The summed E-state index contributed by atoms with van der Waals surface area (Å²) in [6.07, 6.45) is 1.30. The van der Waals surface area contributed by atoms with Crippen LogP contribution in [0.15, 0.2) is 36.4 Å². The summed E-state index contributed by atoms with van der Waals surface area (Å²) in [7, 11) is 1.52. The zero-order valence-corrected chi connectivity index (χ0v) is 14.8. The number of carbonyl (C=O) groups is 1. The van der Waals surface area contributed by atoms with Crippen molar-refractivity contribution in [2.45, 2.75) is 25.3 Å². The maximum atomic E-state index is 14.3. The Morgan fingerprint density at radius 1 is 1.16 bits per heavy atom. The normalized spacial score (nSPS) is 14.2. The largest absolute Gasteiger partial charge is 0.493 e. The summed E-state index contributed by atoms with van der Waals surface area (Å²) in [5.41, 5.74) is 6.36. The van der Waals surface area contributed by atoms with Crippen LogP contribution in [0.25, 0.3) is 0 Å². The molecular formula is C18H20ClFN2O3. The number of nitrogens with one attached hydrogen (secondary N) is 1. The Morgan fingerprint density at radius 2 is 1.84 bits per heavy atom. The first-order chi connectivity index (χ1) is 11.4. The lowest BCUT2D eigenvalue weighted by molar-refractivity contribution is -0.118. The average Bonchev–Trinajstić information content (AvgIpc) is 3.30. The minimum Gasteiger partial charge on any atom is -0.493 e. The summed E-state index contributed by atoms with van der Waals surface area (Å²) in [5.74, 6) is 0.0976. The lowest BCUT2D eigenvalue weighted by Gasteiger charge is -2.13. The Hall–Kier alpha value is -2.31. The van der Waals surface area contributed by atoms with Gasteiger partial charge in [-0.3, -0.25) is 4.79 Å². The van der Waals surface area contributed by atoms with E-state index in [1.165, 1.54) is 19.2 Å². The Morgan fingerprint density at radius 3 is 2.44 bits per heavy atom. The molecule has 3 N–H and O–H groups in total. The first-order valence-electron chi connectivity index (χ1n) is 7.64. The van der Waals surface area contributed by atoms with Crippen molar-refractivity contribution in [2.75, 3.05) is 12.4 Å². The molecule has 0 aliphatic heterocycles. The smallest absolute Gasteiger partial charge is 0.244 e. The minimum atomic E-state index is -0.805. The van der Waals surface area contributed by atoms with Crippen molar-refractivity contribution in [3.8, 4) is 17.2 Å². The van der Waals surface area contributed by atoms with Gasteiger partial charge in [0.05, 0.1) is 12.6 Å². The summed E-state index contributed by atoms with van der Waals surface area (Å²) >= 11 is 0. The first kappa shape index (κ1) is 19.0. The molecule has 0 saturated heterocycles. The standard InChI is InChI=1S/C18H19FN2O3.ClH/c1-11-3-5-15(16(9-11)23-2)24-14-6-4-12(10-13(14)19)21-17(22)18(20)7-8-18;/h3-6,9-10H,7-8,20H2,1-2H3,(H,21,22);1H. The molecule has 2 aromatic rings. The van der Waals surface area contributed by atoms with E-state index in [-0.39, 0.29) is 24.1 Å². The number of benzene rings is 2. The number of halogens is 2. The van der Waals surface area contributed by atoms with Gasteiger partial charge in [0.15, 0.2) is 23.1 Å². The molecule has 3 rings (SSSR count). The Kier molecular flexibility index (Phi) is 5.55. The Balaban J connectivity index is 0.00000225. The van der Waals surface area contributed by atoms with Gasteiger partial charge in [-0.25, -0.2) is 4.39 Å². The molecule has 1 aliphatic carbocycles. The second kappa shape index (κ2) is 7.29. The first-order valence-corrected chi connectivity index (χ1v) is 7.64. The zero-order valence-electron chi connectivity index (χ0n) is 14.0. The van der Waals surface area contributed by atoms with E-state index in [1.807, 2.05) is 13.0 Å². The molecule has 5 nitrogen and oxygen atoms in total. The van der Waals surface area contributed by atoms with Crippen molar-refractivity contribution in [1.82, 2.24) is 0 Å².